The van der Waals surface area contributed by atoms with E-state index in [0.29, 0.717) is 31.8 Å². The maximum absolute atomic E-state index is 12.8. The zero-order valence-electron chi connectivity index (χ0n) is 17.1. The minimum absolute atomic E-state index is 0.0187. The average molecular weight is 414 g/mol. The number of rotatable bonds is 4. The van der Waals surface area contributed by atoms with Gasteiger partial charge in [-0.3, -0.25) is 34.3 Å². The summed E-state index contributed by atoms with van der Waals surface area (Å²) in [6.45, 7) is 5.13. The normalized spacial score (nSPS) is 23.0. The summed E-state index contributed by atoms with van der Waals surface area (Å²) in [5.74, 6) is -0.380. The van der Waals surface area contributed by atoms with Gasteiger partial charge in [0.05, 0.1) is 17.2 Å². The van der Waals surface area contributed by atoms with Crippen molar-refractivity contribution in [3.05, 3.63) is 39.4 Å². The molecular formula is C21H26N4O5. The molecule has 1 unspecified atom stereocenters. The molecule has 1 aromatic carbocycles. The Morgan fingerprint density at radius 2 is 1.87 bits per heavy atom. The zero-order chi connectivity index (χ0) is 21.4. The highest BCUT2D eigenvalue weighted by Crippen LogP contribution is 2.31. The van der Waals surface area contributed by atoms with Gasteiger partial charge < -0.3 is 4.90 Å². The van der Waals surface area contributed by atoms with Gasteiger partial charge in [-0.2, -0.15) is 0 Å². The van der Waals surface area contributed by atoms with Crippen LogP contribution in [-0.2, 0) is 4.79 Å². The second-order valence-corrected chi connectivity index (χ2v) is 8.56. The van der Waals surface area contributed by atoms with Crippen molar-refractivity contribution in [1.82, 2.24) is 14.7 Å². The predicted molar refractivity (Wildman–Crippen MR) is 108 cm³/mol. The minimum atomic E-state index is -0.633. The lowest BCUT2D eigenvalue weighted by Crippen LogP contribution is -2.48. The summed E-state index contributed by atoms with van der Waals surface area (Å²) in [5.41, 5.74) is -0.385. The predicted octanol–water partition coefficient (Wildman–Crippen LogP) is 2.12. The third kappa shape index (κ3) is 3.69. The number of imide groups is 1. The summed E-state index contributed by atoms with van der Waals surface area (Å²) in [6, 6.07) is 4.11. The molecule has 3 aliphatic rings. The summed E-state index contributed by atoms with van der Waals surface area (Å²) < 4.78 is 0. The lowest BCUT2D eigenvalue weighted by molar-refractivity contribution is -0.385. The summed E-state index contributed by atoms with van der Waals surface area (Å²) in [5, 5.41) is 11.2. The monoisotopic (exact) mass is 414 g/mol. The number of piperidine rings is 2. The van der Waals surface area contributed by atoms with Gasteiger partial charge in [0.1, 0.15) is 5.56 Å². The Kier molecular flexibility index (Phi) is 5.55. The van der Waals surface area contributed by atoms with Gasteiger partial charge in [-0.1, -0.05) is 13.0 Å². The van der Waals surface area contributed by atoms with Gasteiger partial charge in [-0.15, -0.1) is 0 Å². The Balaban J connectivity index is 1.37. The Morgan fingerprint density at radius 1 is 1.13 bits per heavy atom. The Morgan fingerprint density at radius 3 is 2.53 bits per heavy atom. The first-order chi connectivity index (χ1) is 14.4. The number of fused-ring (bicyclic) bond motifs is 1. The summed E-state index contributed by atoms with van der Waals surface area (Å²) >= 11 is 0. The molecule has 3 amide bonds. The highest BCUT2D eigenvalue weighted by molar-refractivity contribution is 6.23. The largest absolute Gasteiger partial charge is 0.342 e. The molecular weight excluding hydrogens is 388 g/mol. The number of carbonyl (C=O) groups is 3. The second-order valence-electron chi connectivity index (χ2n) is 8.56. The first-order valence-electron chi connectivity index (χ1n) is 10.5. The van der Waals surface area contributed by atoms with Crippen molar-refractivity contribution in [2.24, 2.45) is 11.8 Å². The lowest BCUT2D eigenvalue weighted by Gasteiger charge is -2.37. The lowest BCUT2D eigenvalue weighted by atomic mass is 9.93. The molecule has 3 aliphatic heterocycles. The standard InChI is InChI=1S/C21H26N4O5/c1-14-4-3-9-23(12-14)19(26)15-7-10-22(11-8-15)13-24-20(27)16-5-2-6-17(25(29)30)18(16)21(24)28/h2,5-6,14-15H,3-4,7-13H2,1H3. The molecule has 0 N–H and O–H groups in total. The molecule has 1 aromatic rings. The highest BCUT2D eigenvalue weighted by atomic mass is 16.6. The number of hydrogen-bond acceptors (Lipinski definition) is 6. The quantitative estimate of drug-likeness (QED) is 0.425. The average Bonchev–Trinajstić information content (AvgIpc) is 2.98. The maximum Gasteiger partial charge on any atom is 0.282 e. The van der Waals surface area contributed by atoms with Crippen molar-refractivity contribution in [3.8, 4) is 0 Å². The molecule has 0 aliphatic carbocycles. The summed E-state index contributed by atoms with van der Waals surface area (Å²) in [4.78, 5) is 53.9. The van der Waals surface area contributed by atoms with Gasteiger partial charge in [-0.05, 0) is 37.7 Å². The minimum Gasteiger partial charge on any atom is -0.342 e. The topological polar surface area (TPSA) is 104 Å². The van der Waals surface area contributed by atoms with Crippen molar-refractivity contribution in [3.63, 3.8) is 0 Å². The van der Waals surface area contributed by atoms with Gasteiger partial charge in [0.25, 0.3) is 17.5 Å². The number of carbonyl (C=O) groups excluding carboxylic acids is 3. The van der Waals surface area contributed by atoms with Crippen LogP contribution in [0.25, 0.3) is 0 Å². The number of nitrogens with zero attached hydrogens (tertiary/aromatic N) is 4. The van der Waals surface area contributed by atoms with Crippen LogP contribution >= 0.6 is 0 Å². The Labute approximate surface area is 174 Å². The van der Waals surface area contributed by atoms with Crippen molar-refractivity contribution in [1.29, 1.82) is 0 Å². The molecule has 4 rings (SSSR count). The van der Waals surface area contributed by atoms with E-state index in [9.17, 15) is 24.5 Å². The van der Waals surface area contributed by atoms with Crippen molar-refractivity contribution in [2.45, 2.75) is 32.6 Å². The van der Waals surface area contributed by atoms with E-state index in [2.05, 4.69) is 6.92 Å². The van der Waals surface area contributed by atoms with Gasteiger partial charge in [0.15, 0.2) is 0 Å². The van der Waals surface area contributed by atoms with Gasteiger partial charge >= 0.3 is 0 Å². The van der Waals surface area contributed by atoms with Crippen LogP contribution < -0.4 is 0 Å². The van der Waals surface area contributed by atoms with E-state index in [1.807, 2.05) is 9.80 Å². The molecule has 30 heavy (non-hydrogen) atoms. The molecule has 0 spiro atoms. The number of likely N-dealkylation sites (tertiary alicyclic amines) is 2. The van der Waals surface area contributed by atoms with Crippen LogP contribution in [0.15, 0.2) is 18.2 Å². The van der Waals surface area contributed by atoms with Crippen LogP contribution in [-0.4, -0.2) is 70.2 Å². The molecule has 0 saturated carbocycles. The Bertz CT molecular complexity index is 893. The number of benzene rings is 1. The first kappa shape index (κ1) is 20.5. The molecule has 9 nitrogen and oxygen atoms in total. The van der Waals surface area contributed by atoms with E-state index >= 15 is 0 Å². The van der Waals surface area contributed by atoms with E-state index in [0.717, 1.165) is 24.4 Å². The Hall–Kier alpha value is -2.81. The third-order valence-electron chi connectivity index (χ3n) is 6.42. The van der Waals surface area contributed by atoms with Gasteiger partial charge in [-0.25, -0.2) is 0 Å². The fourth-order valence-electron chi connectivity index (χ4n) is 4.77. The van der Waals surface area contributed by atoms with Gasteiger partial charge in [0, 0.05) is 38.2 Å². The molecule has 0 aromatic heterocycles. The molecule has 9 heteroatoms. The van der Waals surface area contributed by atoms with Crippen LogP contribution in [0.1, 0.15) is 53.3 Å². The SMILES string of the molecule is CC1CCCN(C(=O)C2CCN(CN3C(=O)c4cccc([N+](=O)[O-])c4C3=O)CC2)C1. The molecule has 0 bridgehead atoms. The van der Waals surface area contributed by atoms with Crippen molar-refractivity contribution in [2.75, 3.05) is 32.8 Å². The number of nitro groups is 1. The highest BCUT2D eigenvalue weighted by Gasteiger charge is 2.42. The van der Waals surface area contributed by atoms with E-state index in [1.54, 1.807) is 0 Å². The van der Waals surface area contributed by atoms with Crippen LogP contribution in [0, 0.1) is 22.0 Å². The van der Waals surface area contributed by atoms with E-state index in [4.69, 9.17) is 0 Å². The van der Waals surface area contributed by atoms with Gasteiger partial charge in [0.2, 0.25) is 5.91 Å². The van der Waals surface area contributed by atoms with Crippen LogP contribution in [0.3, 0.4) is 0 Å². The van der Waals surface area contributed by atoms with Crippen molar-refractivity contribution >= 4 is 23.4 Å². The summed E-state index contributed by atoms with van der Waals surface area (Å²) in [7, 11) is 0. The third-order valence-corrected chi connectivity index (χ3v) is 6.42. The van der Waals surface area contributed by atoms with E-state index in [1.165, 1.54) is 24.6 Å². The molecule has 160 valence electrons. The second kappa shape index (κ2) is 8.14. The fourth-order valence-corrected chi connectivity index (χ4v) is 4.77. The smallest absolute Gasteiger partial charge is 0.282 e. The maximum atomic E-state index is 12.8. The fraction of sp³-hybridized carbons (Fsp3) is 0.571. The molecule has 2 saturated heterocycles. The van der Waals surface area contributed by atoms with Crippen LogP contribution in [0.5, 0.6) is 0 Å². The van der Waals surface area contributed by atoms with Crippen molar-refractivity contribution < 1.29 is 19.3 Å². The summed E-state index contributed by atoms with van der Waals surface area (Å²) in [6.07, 6.45) is 3.60. The number of nitro benzene ring substituents is 1. The molecule has 2 fully saturated rings. The van der Waals surface area contributed by atoms with E-state index < -0.39 is 16.7 Å². The molecule has 0 radical (unpaired) electrons. The number of hydrogen-bond donors (Lipinski definition) is 0. The van der Waals surface area contributed by atoms with Crippen LogP contribution in [0.2, 0.25) is 0 Å². The van der Waals surface area contributed by atoms with Crippen LogP contribution in [0.4, 0.5) is 5.69 Å². The molecule has 3 heterocycles. The van der Waals surface area contributed by atoms with E-state index in [-0.39, 0.29) is 35.3 Å². The molecule has 1 atom stereocenters. The zero-order valence-corrected chi connectivity index (χ0v) is 17.1. The number of amides is 3. The first-order valence-corrected chi connectivity index (χ1v) is 10.5.